The van der Waals surface area contributed by atoms with Crippen LogP contribution in [0.25, 0.3) is 0 Å². The van der Waals surface area contributed by atoms with E-state index in [1.807, 2.05) is 6.07 Å². The Morgan fingerprint density at radius 2 is 2.20 bits per heavy atom. The Hall–Kier alpha value is -0.540. The highest BCUT2D eigenvalue weighted by molar-refractivity contribution is 7.84. The SMILES string of the molecule is CCCCS(=O)Cc1ccc(Cl)c(N)c1. The van der Waals surface area contributed by atoms with Crippen LogP contribution in [0.2, 0.25) is 5.02 Å². The number of benzene rings is 1. The first-order chi connectivity index (χ1) is 7.13. The van der Waals surface area contributed by atoms with E-state index < -0.39 is 10.8 Å². The molecule has 1 aromatic rings. The van der Waals surface area contributed by atoms with Gasteiger partial charge < -0.3 is 5.73 Å². The fourth-order valence-electron chi connectivity index (χ4n) is 1.25. The topological polar surface area (TPSA) is 43.1 Å². The van der Waals surface area contributed by atoms with Gasteiger partial charge in [-0.25, -0.2) is 0 Å². The molecule has 1 atom stereocenters. The van der Waals surface area contributed by atoms with E-state index in [4.69, 9.17) is 17.3 Å². The first-order valence-corrected chi connectivity index (χ1v) is 6.89. The standard InChI is InChI=1S/C11H16ClNOS/c1-2-3-6-15(14)8-9-4-5-10(12)11(13)7-9/h4-5,7H,2-3,6,8,13H2,1H3. The average molecular weight is 246 g/mol. The summed E-state index contributed by atoms with van der Waals surface area (Å²) in [5, 5.41) is 0.554. The van der Waals surface area contributed by atoms with Gasteiger partial charge in [-0.3, -0.25) is 4.21 Å². The molecule has 2 N–H and O–H groups in total. The molecule has 0 aliphatic heterocycles. The fourth-order valence-corrected chi connectivity index (χ4v) is 2.67. The summed E-state index contributed by atoms with van der Waals surface area (Å²) in [4.78, 5) is 0. The second-order valence-corrected chi connectivity index (χ2v) is 5.48. The van der Waals surface area contributed by atoms with Crippen molar-refractivity contribution in [1.82, 2.24) is 0 Å². The van der Waals surface area contributed by atoms with Crippen LogP contribution in [-0.2, 0) is 16.6 Å². The molecular formula is C11H16ClNOS. The fraction of sp³-hybridized carbons (Fsp3) is 0.455. The minimum atomic E-state index is -0.784. The van der Waals surface area contributed by atoms with E-state index in [-0.39, 0.29) is 0 Å². The number of nitrogens with two attached hydrogens (primary N) is 1. The molecule has 0 amide bonds. The number of unbranched alkanes of at least 4 members (excludes halogenated alkanes) is 1. The van der Waals surface area contributed by atoms with Gasteiger partial charge in [0.2, 0.25) is 0 Å². The summed E-state index contributed by atoms with van der Waals surface area (Å²) in [6, 6.07) is 5.43. The lowest BCUT2D eigenvalue weighted by molar-refractivity contribution is 0.679. The predicted molar refractivity (Wildman–Crippen MR) is 67.5 cm³/mol. The van der Waals surface area contributed by atoms with Crippen LogP contribution in [0.3, 0.4) is 0 Å². The van der Waals surface area contributed by atoms with Gasteiger partial charge in [0.05, 0.1) is 10.7 Å². The highest BCUT2D eigenvalue weighted by atomic mass is 35.5. The molecule has 1 unspecified atom stereocenters. The molecule has 1 rings (SSSR count). The number of hydrogen-bond donors (Lipinski definition) is 1. The number of anilines is 1. The smallest absolute Gasteiger partial charge is 0.0635 e. The van der Waals surface area contributed by atoms with E-state index in [1.165, 1.54) is 0 Å². The van der Waals surface area contributed by atoms with Gasteiger partial charge in [-0.2, -0.15) is 0 Å². The Morgan fingerprint density at radius 1 is 1.47 bits per heavy atom. The van der Waals surface area contributed by atoms with E-state index in [0.717, 1.165) is 24.2 Å². The van der Waals surface area contributed by atoms with Crippen LogP contribution in [0.15, 0.2) is 18.2 Å². The minimum absolute atomic E-state index is 0.554. The van der Waals surface area contributed by atoms with Gasteiger partial charge in [-0.15, -0.1) is 0 Å². The monoisotopic (exact) mass is 245 g/mol. The number of hydrogen-bond acceptors (Lipinski definition) is 2. The zero-order valence-corrected chi connectivity index (χ0v) is 10.4. The molecule has 0 radical (unpaired) electrons. The third kappa shape index (κ3) is 4.22. The molecule has 0 fully saturated rings. The molecule has 2 nitrogen and oxygen atoms in total. The first kappa shape index (κ1) is 12.5. The Bertz CT molecular complexity index is 354. The van der Waals surface area contributed by atoms with Gasteiger partial charge in [-0.1, -0.05) is 31.0 Å². The summed E-state index contributed by atoms with van der Waals surface area (Å²) >= 11 is 5.80. The van der Waals surface area contributed by atoms with Gasteiger partial charge in [0.1, 0.15) is 0 Å². The Morgan fingerprint density at radius 3 is 2.80 bits per heavy atom. The Kier molecular flexibility index (Phi) is 5.12. The Labute approximate surface area is 98.3 Å². The highest BCUT2D eigenvalue weighted by Gasteiger charge is 2.03. The van der Waals surface area contributed by atoms with Crippen LogP contribution in [0, 0.1) is 0 Å². The summed E-state index contributed by atoms with van der Waals surface area (Å²) in [5.41, 5.74) is 7.21. The summed E-state index contributed by atoms with van der Waals surface area (Å²) in [6.45, 7) is 2.09. The van der Waals surface area contributed by atoms with Crippen LogP contribution >= 0.6 is 11.6 Å². The predicted octanol–water partition coefficient (Wildman–Crippen LogP) is 2.97. The van der Waals surface area contributed by atoms with Crippen molar-refractivity contribution in [2.45, 2.75) is 25.5 Å². The molecule has 1 aromatic carbocycles. The van der Waals surface area contributed by atoms with Crippen molar-refractivity contribution >= 4 is 28.1 Å². The molecular weight excluding hydrogens is 230 g/mol. The van der Waals surface area contributed by atoms with Crippen LogP contribution in [0.4, 0.5) is 5.69 Å². The second kappa shape index (κ2) is 6.13. The van der Waals surface area contributed by atoms with E-state index in [9.17, 15) is 4.21 Å². The number of rotatable bonds is 5. The maximum atomic E-state index is 11.6. The van der Waals surface area contributed by atoms with Gasteiger partial charge in [0.15, 0.2) is 0 Å². The van der Waals surface area contributed by atoms with Crippen molar-refractivity contribution < 1.29 is 4.21 Å². The molecule has 0 aliphatic rings. The normalized spacial score (nSPS) is 12.7. The molecule has 0 bridgehead atoms. The van der Waals surface area contributed by atoms with Crippen molar-refractivity contribution in [2.75, 3.05) is 11.5 Å². The molecule has 0 saturated heterocycles. The molecule has 84 valence electrons. The first-order valence-electron chi connectivity index (χ1n) is 5.02. The quantitative estimate of drug-likeness (QED) is 0.811. The molecule has 15 heavy (non-hydrogen) atoms. The summed E-state index contributed by atoms with van der Waals surface area (Å²) < 4.78 is 11.6. The zero-order valence-electron chi connectivity index (χ0n) is 8.83. The number of halogens is 1. The number of nitrogen functional groups attached to an aromatic ring is 1. The molecule has 0 heterocycles. The maximum Gasteiger partial charge on any atom is 0.0635 e. The van der Waals surface area contributed by atoms with E-state index in [1.54, 1.807) is 12.1 Å². The summed E-state index contributed by atoms with van der Waals surface area (Å²) in [7, 11) is -0.784. The van der Waals surface area contributed by atoms with Gasteiger partial charge in [-0.05, 0) is 24.1 Å². The molecule has 0 aromatic heterocycles. The Balaban J connectivity index is 2.57. The summed E-state index contributed by atoms with van der Waals surface area (Å²) in [5.74, 6) is 1.33. The van der Waals surface area contributed by atoms with Crippen molar-refractivity contribution in [3.8, 4) is 0 Å². The van der Waals surface area contributed by atoms with Crippen LogP contribution < -0.4 is 5.73 Å². The van der Waals surface area contributed by atoms with Crippen LogP contribution in [0.5, 0.6) is 0 Å². The lowest BCUT2D eigenvalue weighted by Crippen LogP contribution is -2.01. The van der Waals surface area contributed by atoms with Crippen molar-refractivity contribution in [3.63, 3.8) is 0 Å². The highest BCUT2D eigenvalue weighted by Crippen LogP contribution is 2.20. The second-order valence-electron chi connectivity index (χ2n) is 3.50. The van der Waals surface area contributed by atoms with E-state index in [2.05, 4.69) is 6.92 Å². The molecule has 4 heteroatoms. The molecule has 0 saturated carbocycles. The maximum absolute atomic E-state index is 11.6. The summed E-state index contributed by atoms with van der Waals surface area (Å²) in [6.07, 6.45) is 2.09. The van der Waals surface area contributed by atoms with Gasteiger partial charge >= 0.3 is 0 Å². The van der Waals surface area contributed by atoms with Crippen LogP contribution in [-0.4, -0.2) is 9.96 Å². The van der Waals surface area contributed by atoms with Crippen molar-refractivity contribution in [2.24, 2.45) is 0 Å². The van der Waals surface area contributed by atoms with Crippen LogP contribution in [0.1, 0.15) is 25.3 Å². The van der Waals surface area contributed by atoms with E-state index in [0.29, 0.717) is 16.5 Å². The third-order valence-corrected chi connectivity index (χ3v) is 3.86. The lowest BCUT2D eigenvalue weighted by atomic mass is 10.2. The minimum Gasteiger partial charge on any atom is -0.398 e. The molecule has 0 spiro atoms. The van der Waals surface area contributed by atoms with Crippen molar-refractivity contribution in [3.05, 3.63) is 28.8 Å². The zero-order chi connectivity index (χ0) is 11.3. The van der Waals surface area contributed by atoms with Gasteiger partial charge in [0, 0.05) is 22.3 Å². The largest absolute Gasteiger partial charge is 0.398 e. The molecule has 0 aliphatic carbocycles. The third-order valence-electron chi connectivity index (χ3n) is 2.11. The van der Waals surface area contributed by atoms with Crippen molar-refractivity contribution in [1.29, 1.82) is 0 Å². The van der Waals surface area contributed by atoms with E-state index >= 15 is 0 Å². The average Bonchev–Trinajstić information content (AvgIpc) is 2.20. The van der Waals surface area contributed by atoms with Gasteiger partial charge in [0.25, 0.3) is 0 Å². The lowest BCUT2D eigenvalue weighted by Gasteiger charge is -2.04.